The lowest BCUT2D eigenvalue weighted by Gasteiger charge is -2.32. The molecule has 0 aliphatic carbocycles. The topological polar surface area (TPSA) is 75.2 Å². The Balaban J connectivity index is 1.81. The largest absolute Gasteiger partial charge is 0.450 e. The first-order valence-electron chi connectivity index (χ1n) is 9.24. The van der Waals surface area contributed by atoms with Gasteiger partial charge in [-0.15, -0.1) is 0 Å². The summed E-state index contributed by atoms with van der Waals surface area (Å²) in [7, 11) is 3.42. The molecule has 7 nitrogen and oxygen atoms in total. The molecule has 0 aromatic heterocycles. The number of ether oxygens (including phenoxy) is 2. The summed E-state index contributed by atoms with van der Waals surface area (Å²) in [5, 5.41) is 7.41. The molecule has 2 N–H and O–H groups in total. The van der Waals surface area contributed by atoms with E-state index < -0.39 is 0 Å². The van der Waals surface area contributed by atoms with Crippen molar-refractivity contribution < 1.29 is 14.3 Å². The van der Waals surface area contributed by atoms with E-state index in [2.05, 4.69) is 15.6 Å². The number of rotatable bonds is 6. The van der Waals surface area contributed by atoms with E-state index in [4.69, 9.17) is 21.1 Å². The fraction of sp³-hybridized carbons (Fsp3) is 0.579. The lowest BCUT2D eigenvalue weighted by Crippen LogP contribution is -2.50. The molecule has 1 heterocycles. The number of likely N-dealkylation sites (tertiary alicyclic amines) is 1. The van der Waals surface area contributed by atoms with Crippen molar-refractivity contribution in [3.63, 3.8) is 0 Å². The summed E-state index contributed by atoms with van der Waals surface area (Å²) in [6, 6.07) is 7.90. The van der Waals surface area contributed by atoms with Crippen molar-refractivity contribution in [3.05, 3.63) is 34.9 Å². The average Bonchev–Trinajstić information content (AvgIpc) is 2.68. The van der Waals surface area contributed by atoms with Crippen molar-refractivity contribution in [3.8, 4) is 0 Å². The predicted octanol–water partition coefficient (Wildman–Crippen LogP) is 2.81. The summed E-state index contributed by atoms with van der Waals surface area (Å²) in [6.07, 6.45) is 1.33. The summed E-state index contributed by atoms with van der Waals surface area (Å²) in [5.74, 6) is 0.716. The number of halogens is 1. The SMILES string of the molecule is CCOC(=O)N1CCC(NC(=NC)NCC(OC)c2cccc(Cl)c2)CC1. The molecular weight excluding hydrogens is 368 g/mol. The number of carbonyl (C=O) groups is 1. The number of aliphatic imine (C=N–C) groups is 1. The van der Waals surface area contributed by atoms with Crippen molar-refractivity contribution in [1.82, 2.24) is 15.5 Å². The summed E-state index contributed by atoms with van der Waals surface area (Å²) in [6.45, 7) is 4.14. The first-order valence-corrected chi connectivity index (χ1v) is 9.62. The fourth-order valence-electron chi connectivity index (χ4n) is 3.04. The molecule has 0 radical (unpaired) electrons. The van der Waals surface area contributed by atoms with Crippen LogP contribution in [0.4, 0.5) is 4.79 Å². The minimum absolute atomic E-state index is 0.132. The standard InChI is InChI=1S/C19H29ClN4O3/c1-4-27-19(25)24-10-8-16(9-11-24)23-18(21-2)22-13-17(26-3)14-6-5-7-15(20)12-14/h5-7,12,16-17H,4,8-11,13H2,1-3H3,(H2,21,22,23). The van der Waals surface area contributed by atoms with Crippen LogP contribution in [0.15, 0.2) is 29.3 Å². The van der Waals surface area contributed by atoms with Crippen LogP contribution < -0.4 is 10.6 Å². The number of hydrogen-bond donors (Lipinski definition) is 2. The normalized spacial score (nSPS) is 16.7. The third-order valence-corrected chi connectivity index (χ3v) is 4.78. The van der Waals surface area contributed by atoms with Crippen LogP contribution in [-0.2, 0) is 9.47 Å². The molecule has 1 atom stereocenters. The highest BCUT2D eigenvalue weighted by Crippen LogP contribution is 2.19. The van der Waals surface area contributed by atoms with Crippen LogP contribution >= 0.6 is 11.6 Å². The minimum Gasteiger partial charge on any atom is -0.450 e. The Morgan fingerprint density at radius 2 is 2.15 bits per heavy atom. The molecule has 1 aromatic rings. The monoisotopic (exact) mass is 396 g/mol. The second-order valence-electron chi connectivity index (χ2n) is 6.34. The summed E-state index contributed by atoms with van der Waals surface area (Å²) in [4.78, 5) is 17.8. The molecule has 1 amide bonds. The number of benzene rings is 1. The Labute approximate surface area is 166 Å². The van der Waals surface area contributed by atoms with E-state index in [1.54, 1.807) is 19.1 Å². The predicted molar refractivity (Wildman–Crippen MR) is 107 cm³/mol. The van der Waals surface area contributed by atoms with E-state index >= 15 is 0 Å². The number of nitrogens with zero attached hydrogens (tertiary/aromatic N) is 2. The quantitative estimate of drug-likeness (QED) is 0.571. The van der Waals surface area contributed by atoms with Gasteiger partial charge >= 0.3 is 6.09 Å². The molecule has 27 heavy (non-hydrogen) atoms. The van der Waals surface area contributed by atoms with E-state index in [-0.39, 0.29) is 18.2 Å². The van der Waals surface area contributed by atoms with Gasteiger partial charge < -0.3 is 25.0 Å². The van der Waals surface area contributed by atoms with Crippen LogP contribution in [-0.4, -0.2) is 63.4 Å². The van der Waals surface area contributed by atoms with Gasteiger partial charge in [0.05, 0.1) is 12.7 Å². The van der Waals surface area contributed by atoms with Gasteiger partial charge in [-0.05, 0) is 37.5 Å². The zero-order chi connectivity index (χ0) is 19.6. The molecule has 0 spiro atoms. The Morgan fingerprint density at radius 3 is 2.74 bits per heavy atom. The molecule has 2 rings (SSSR count). The van der Waals surface area contributed by atoms with Crippen molar-refractivity contribution in [2.24, 2.45) is 4.99 Å². The number of piperidine rings is 1. The van der Waals surface area contributed by atoms with Crippen LogP contribution in [0.2, 0.25) is 5.02 Å². The van der Waals surface area contributed by atoms with Gasteiger partial charge in [-0.2, -0.15) is 0 Å². The van der Waals surface area contributed by atoms with Gasteiger partial charge in [0.1, 0.15) is 0 Å². The maximum absolute atomic E-state index is 11.8. The van der Waals surface area contributed by atoms with Gasteiger partial charge in [-0.25, -0.2) is 4.79 Å². The number of nitrogens with one attached hydrogen (secondary N) is 2. The number of methoxy groups -OCH3 is 1. The number of amides is 1. The maximum atomic E-state index is 11.8. The summed E-state index contributed by atoms with van der Waals surface area (Å²) in [5.41, 5.74) is 1.01. The zero-order valence-electron chi connectivity index (χ0n) is 16.2. The second-order valence-corrected chi connectivity index (χ2v) is 6.77. The van der Waals surface area contributed by atoms with Crippen molar-refractivity contribution in [2.45, 2.75) is 31.9 Å². The Kier molecular flexibility index (Phi) is 8.67. The molecular formula is C19H29ClN4O3. The van der Waals surface area contributed by atoms with Crippen LogP contribution in [0.5, 0.6) is 0 Å². The molecule has 1 unspecified atom stereocenters. The van der Waals surface area contributed by atoms with Crippen LogP contribution in [0.25, 0.3) is 0 Å². The highest BCUT2D eigenvalue weighted by Gasteiger charge is 2.24. The second kappa shape index (κ2) is 11.0. The smallest absolute Gasteiger partial charge is 0.409 e. The van der Waals surface area contributed by atoms with Crippen molar-refractivity contribution in [1.29, 1.82) is 0 Å². The molecule has 0 saturated carbocycles. The lowest BCUT2D eigenvalue weighted by molar-refractivity contribution is 0.0960. The number of guanidine groups is 1. The Hall–Kier alpha value is -1.99. The molecule has 1 fully saturated rings. The van der Waals surface area contributed by atoms with Crippen LogP contribution in [0.1, 0.15) is 31.4 Å². The molecule has 1 saturated heterocycles. The summed E-state index contributed by atoms with van der Waals surface area (Å²) >= 11 is 6.07. The van der Waals surface area contributed by atoms with E-state index in [0.29, 0.717) is 37.2 Å². The Bertz CT molecular complexity index is 633. The van der Waals surface area contributed by atoms with E-state index in [9.17, 15) is 4.79 Å². The highest BCUT2D eigenvalue weighted by molar-refractivity contribution is 6.30. The molecule has 150 valence electrons. The lowest BCUT2D eigenvalue weighted by atomic mass is 10.1. The van der Waals surface area contributed by atoms with Crippen molar-refractivity contribution in [2.75, 3.05) is 40.4 Å². The third-order valence-electron chi connectivity index (χ3n) is 4.55. The van der Waals surface area contributed by atoms with Gasteiger partial charge in [-0.3, -0.25) is 4.99 Å². The van der Waals surface area contributed by atoms with Gasteiger partial charge in [0, 0.05) is 44.9 Å². The van der Waals surface area contributed by atoms with Gasteiger partial charge in [0.2, 0.25) is 0 Å². The molecule has 8 heteroatoms. The zero-order valence-corrected chi connectivity index (χ0v) is 17.0. The van der Waals surface area contributed by atoms with E-state index in [1.807, 2.05) is 31.2 Å². The highest BCUT2D eigenvalue weighted by atomic mass is 35.5. The molecule has 1 aliphatic rings. The van der Waals surface area contributed by atoms with Gasteiger partial charge in [-0.1, -0.05) is 23.7 Å². The van der Waals surface area contributed by atoms with Gasteiger partial charge in [0.15, 0.2) is 5.96 Å². The van der Waals surface area contributed by atoms with Crippen LogP contribution in [0, 0.1) is 0 Å². The Morgan fingerprint density at radius 1 is 1.41 bits per heavy atom. The maximum Gasteiger partial charge on any atom is 0.409 e. The number of carbonyl (C=O) groups excluding carboxylic acids is 1. The van der Waals surface area contributed by atoms with Crippen molar-refractivity contribution >= 4 is 23.7 Å². The minimum atomic E-state index is -0.233. The van der Waals surface area contributed by atoms with Crippen LogP contribution in [0.3, 0.4) is 0 Å². The first kappa shape index (κ1) is 21.3. The first-order chi connectivity index (χ1) is 13.1. The molecule has 1 aromatic carbocycles. The van der Waals surface area contributed by atoms with Gasteiger partial charge in [0.25, 0.3) is 0 Å². The average molecular weight is 397 g/mol. The molecule has 0 bridgehead atoms. The third kappa shape index (κ3) is 6.59. The number of hydrogen-bond acceptors (Lipinski definition) is 4. The van der Waals surface area contributed by atoms with E-state index in [1.165, 1.54) is 0 Å². The fourth-order valence-corrected chi connectivity index (χ4v) is 3.24. The summed E-state index contributed by atoms with van der Waals surface area (Å²) < 4.78 is 10.6. The molecule has 1 aliphatic heterocycles. The van der Waals surface area contributed by atoms with E-state index in [0.717, 1.165) is 18.4 Å².